The van der Waals surface area contributed by atoms with Gasteiger partial charge in [-0.3, -0.25) is 13.9 Å². The number of hydrogen-bond donors (Lipinski definition) is 1. The molecule has 0 heterocycles. The third-order valence-corrected chi connectivity index (χ3v) is 6.74. The standard InChI is InChI=1S/C24H31ClFN3O5S/c1-5-13-27-24(31)21(6-2)28(15-17-7-9-18(26)10-8-17)23(30)16-29(35(4,32)33)19-11-12-22(34-3)20(25)14-19/h7-12,14,21H,5-6,13,15-16H2,1-4H3,(H,27,31)/t21-/m0/s1. The van der Waals surface area contributed by atoms with Gasteiger partial charge in [0.2, 0.25) is 21.8 Å². The van der Waals surface area contributed by atoms with Crippen LogP contribution in [0.4, 0.5) is 10.1 Å². The Morgan fingerprint density at radius 1 is 1.14 bits per heavy atom. The van der Waals surface area contributed by atoms with E-state index in [1.54, 1.807) is 6.92 Å². The molecule has 0 bridgehead atoms. The molecule has 192 valence electrons. The number of hydrogen-bond acceptors (Lipinski definition) is 5. The van der Waals surface area contributed by atoms with Crippen LogP contribution in [0.1, 0.15) is 32.3 Å². The van der Waals surface area contributed by atoms with E-state index in [9.17, 15) is 22.4 Å². The van der Waals surface area contributed by atoms with E-state index in [4.69, 9.17) is 16.3 Å². The van der Waals surface area contributed by atoms with Gasteiger partial charge in [0.1, 0.15) is 24.2 Å². The van der Waals surface area contributed by atoms with Gasteiger partial charge in [-0.15, -0.1) is 0 Å². The van der Waals surface area contributed by atoms with Crippen molar-refractivity contribution in [3.8, 4) is 5.75 Å². The predicted octanol–water partition coefficient (Wildman–Crippen LogP) is 3.59. The van der Waals surface area contributed by atoms with E-state index < -0.39 is 34.3 Å². The first-order valence-electron chi connectivity index (χ1n) is 11.1. The maximum absolute atomic E-state index is 13.5. The maximum atomic E-state index is 13.5. The van der Waals surface area contributed by atoms with Crippen molar-refractivity contribution in [2.24, 2.45) is 0 Å². The number of amides is 2. The van der Waals surface area contributed by atoms with Gasteiger partial charge in [-0.25, -0.2) is 12.8 Å². The highest BCUT2D eigenvalue weighted by Crippen LogP contribution is 2.30. The van der Waals surface area contributed by atoms with Crippen LogP contribution in [0.2, 0.25) is 5.02 Å². The van der Waals surface area contributed by atoms with Crippen LogP contribution in [0.15, 0.2) is 42.5 Å². The number of halogens is 2. The second kappa shape index (κ2) is 12.7. The number of nitrogens with zero attached hydrogens (tertiary/aromatic N) is 2. The van der Waals surface area contributed by atoms with Gasteiger partial charge in [0.15, 0.2) is 0 Å². The number of anilines is 1. The summed E-state index contributed by atoms with van der Waals surface area (Å²) in [6.45, 7) is 3.55. The summed E-state index contributed by atoms with van der Waals surface area (Å²) < 4.78 is 44.7. The molecule has 35 heavy (non-hydrogen) atoms. The summed E-state index contributed by atoms with van der Waals surface area (Å²) in [6, 6.07) is 9.09. The average molecular weight is 528 g/mol. The Morgan fingerprint density at radius 3 is 2.31 bits per heavy atom. The highest BCUT2D eigenvalue weighted by molar-refractivity contribution is 7.92. The SMILES string of the molecule is CCCNC(=O)[C@H](CC)N(Cc1ccc(F)cc1)C(=O)CN(c1ccc(OC)c(Cl)c1)S(C)(=O)=O. The first-order chi connectivity index (χ1) is 16.5. The first kappa shape index (κ1) is 28.4. The van der Waals surface area contributed by atoms with Crippen LogP contribution < -0.4 is 14.4 Å². The molecular weight excluding hydrogens is 497 g/mol. The minimum atomic E-state index is -3.89. The second-order valence-electron chi connectivity index (χ2n) is 7.95. The number of sulfonamides is 1. The van der Waals surface area contributed by atoms with Crippen LogP contribution >= 0.6 is 11.6 Å². The van der Waals surface area contributed by atoms with E-state index in [1.165, 1.54) is 54.5 Å². The molecule has 8 nitrogen and oxygen atoms in total. The van der Waals surface area contributed by atoms with Crippen molar-refractivity contribution in [1.82, 2.24) is 10.2 Å². The highest BCUT2D eigenvalue weighted by atomic mass is 35.5. The third kappa shape index (κ3) is 7.83. The summed E-state index contributed by atoms with van der Waals surface area (Å²) in [5.41, 5.74) is 0.775. The van der Waals surface area contributed by atoms with Crippen LogP contribution in [-0.4, -0.2) is 57.6 Å². The van der Waals surface area contributed by atoms with Crippen LogP contribution in [0.25, 0.3) is 0 Å². The summed E-state index contributed by atoms with van der Waals surface area (Å²) in [5.74, 6) is -1.01. The molecule has 11 heteroatoms. The van der Waals surface area contributed by atoms with Gasteiger partial charge in [-0.2, -0.15) is 0 Å². The van der Waals surface area contributed by atoms with Crippen LogP contribution in [-0.2, 0) is 26.2 Å². The lowest BCUT2D eigenvalue weighted by atomic mass is 10.1. The fraction of sp³-hybridized carbons (Fsp3) is 0.417. The molecule has 0 aliphatic rings. The Bertz CT molecular complexity index is 1130. The van der Waals surface area contributed by atoms with Crippen molar-refractivity contribution >= 4 is 39.1 Å². The molecule has 0 aliphatic carbocycles. The molecule has 0 spiro atoms. The molecule has 2 rings (SSSR count). The molecule has 1 N–H and O–H groups in total. The topological polar surface area (TPSA) is 96.0 Å². The van der Waals surface area contributed by atoms with Crippen molar-refractivity contribution in [2.45, 2.75) is 39.3 Å². The minimum absolute atomic E-state index is 0.00185. The summed E-state index contributed by atoms with van der Waals surface area (Å²) in [6.07, 6.45) is 2.00. The lowest BCUT2D eigenvalue weighted by Gasteiger charge is -2.33. The number of benzene rings is 2. The number of carbonyl (C=O) groups excluding carboxylic acids is 2. The van der Waals surface area contributed by atoms with E-state index in [0.717, 1.165) is 10.6 Å². The Balaban J connectivity index is 2.43. The van der Waals surface area contributed by atoms with Gasteiger partial charge in [0.05, 0.1) is 24.1 Å². The van der Waals surface area contributed by atoms with Crippen molar-refractivity contribution in [1.29, 1.82) is 0 Å². The molecule has 0 aliphatic heterocycles. The van der Waals surface area contributed by atoms with Crippen molar-refractivity contribution in [3.05, 3.63) is 58.9 Å². The fourth-order valence-corrected chi connectivity index (χ4v) is 4.59. The zero-order valence-corrected chi connectivity index (χ0v) is 21.8. The first-order valence-corrected chi connectivity index (χ1v) is 13.4. The van der Waals surface area contributed by atoms with E-state index in [2.05, 4.69) is 5.32 Å². The molecule has 0 fully saturated rings. The molecule has 1 atom stereocenters. The van der Waals surface area contributed by atoms with E-state index >= 15 is 0 Å². The summed E-state index contributed by atoms with van der Waals surface area (Å²) in [5, 5.41) is 2.97. The zero-order valence-electron chi connectivity index (χ0n) is 20.3. The predicted molar refractivity (Wildman–Crippen MR) is 135 cm³/mol. The van der Waals surface area contributed by atoms with E-state index in [1.807, 2.05) is 6.92 Å². The second-order valence-corrected chi connectivity index (χ2v) is 10.3. The Morgan fingerprint density at radius 2 is 1.80 bits per heavy atom. The highest BCUT2D eigenvalue weighted by Gasteiger charge is 2.31. The van der Waals surface area contributed by atoms with Crippen molar-refractivity contribution < 1.29 is 27.1 Å². The Kier molecular flexibility index (Phi) is 10.3. The quantitative estimate of drug-likeness (QED) is 0.455. The lowest BCUT2D eigenvalue weighted by Crippen LogP contribution is -2.52. The minimum Gasteiger partial charge on any atom is -0.495 e. The zero-order chi connectivity index (χ0) is 26.2. The number of nitrogens with one attached hydrogen (secondary N) is 1. The summed E-state index contributed by atoms with van der Waals surface area (Å²) >= 11 is 6.18. The van der Waals surface area contributed by atoms with Crippen LogP contribution in [0, 0.1) is 5.82 Å². The maximum Gasteiger partial charge on any atom is 0.244 e. The Hall–Kier alpha value is -2.85. The molecule has 2 aromatic rings. The van der Waals surface area contributed by atoms with Crippen LogP contribution in [0.5, 0.6) is 5.75 Å². The van der Waals surface area contributed by atoms with E-state index in [0.29, 0.717) is 30.7 Å². The van der Waals surface area contributed by atoms with Gasteiger partial charge in [-0.05, 0) is 48.7 Å². The molecular formula is C24H31ClFN3O5S. The molecule has 0 unspecified atom stereocenters. The van der Waals surface area contributed by atoms with Crippen molar-refractivity contribution in [3.63, 3.8) is 0 Å². The average Bonchev–Trinajstić information content (AvgIpc) is 2.81. The van der Waals surface area contributed by atoms with Crippen LogP contribution in [0.3, 0.4) is 0 Å². The smallest absolute Gasteiger partial charge is 0.244 e. The van der Waals surface area contributed by atoms with Gasteiger partial charge in [0, 0.05) is 13.1 Å². The summed E-state index contributed by atoms with van der Waals surface area (Å²) in [7, 11) is -2.46. The van der Waals surface area contributed by atoms with E-state index in [-0.39, 0.29) is 23.2 Å². The third-order valence-electron chi connectivity index (χ3n) is 5.30. The van der Waals surface area contributed by atoms with Gasteiger partial charge >= 0.3 is 0 Å². The Labute approximate surface area is 211 Å². The molecule has 2 aromatic carbocycles. The molecule has 0 radical (unpaired) electrons. The number of rotatable bonds is 12. The molecule has 0 aromatic heterocycles. The molecule has 0 saturated carbocycles. The van der Waals surface area contributed by atoms with Crippen molar-refractivity contribution in [2.75, 3.05) is 30.8 Å². The largest absolute Gasteiger partial charge is 0.495 e. The number of methoxy groups -OCH3 is 1. The van der Waals surface area contributed by atoms with Gasteiger partial charge in [0.25, 0.3) is 0 Å². The molecule has 0 saturated heterocycles. The number of ether oxygens (including phenoxy) is 1. The monoisotopic (exact) mass is 527 g/mol. The summed E-state index contributed by atoms with van der Waals surface area (Å²) in [4.78, 5) is 27.7. The molecule has 2 amide bonds. The fourth-order valence-electron chi connectivity index (χ4n) is 3.50. The normalized spacial score (nSPS) is 12.1. The number of carbonyl (C=O) groups is 2. The lowest BCUT2D eigenvalue weighted by molar-refractivity contribution is -0.140. The van der Waals surface area contributed by atoms with Gasteiger partial charge in [-0.1, -0.05) is 37.6 Å². The van der Waals surface area contributed by atoms with Gasteiger partial charge < -0.3 is 15.0 Å².